The van der Waals surface area contributed by atoms with Crippen molar-refractivity contribution < 1.29 is 29.6 Å². The van der Waals surface area contributed by atoms with Crippen molar-refractivity contribution in [3.05, 3.63) is 59.2 Å². The van der Waals surface area contributed by atoms with E-state index in [1.54, 1.807) is 17.0 Å². The Hall–Kier alpha value is -3.18. The largest absolute Gasteiger partial charge is 0.508 e. The number of carbonyl (C=O) groups excluding carboxylic acids is 2. The van der Waals surface area contributed by atoms with Gasteiger partial charge < -0.3 is 41.3 Å². The predicted octanol–water partition coefficient (Wildman–Crippen LogP) is 4.37. The second-order valence-electron chi connectivity index (χ2n) is 11.4. The Morgan fingerprint density at radius 2 is 1.74 bits per heavy atom. The molecule has 1 aliphatic carbocycles. The number of unbranched alkanes of at least 4 members (excludes halogenated alkanes) is 4. The summed E-state index contributed by atoms with van der Waals surface area (Å²) in [6.45, 7) is 2.41. The first kappa shape index (κ1) is 34.3. The number of benzene rings is 2. The van der Waals surface area contributed by atoms with Gasteiger partial charge in [0.25, 0.3) is 0 Å². The molecule has 2 aromatic carbocycles. The highest BCUT2D eigenvalue weighted by Crippen LogP contribution is 2.25. The van der Waals surface area contributed by atoms with Crippen LogP contribution in [0.4, 0.5) is 10.5 Å². The summed E-state index contributed by atoms with van der Waals surface area (Å²) in [5, 5.41) is 35.4. The number of hydrogen-bond acceptors (Lipinski definition) is 7. The van der Waals surface area contributed by atoms with Gasteiger partial charge in [0.15, 0.2) is 0 Å². The lowest BCUT2D eigenvalue weighted by Gasteiger charge is -2.28. The van der Waals surface area contributed by atoms with Gasteiger partial charge in [0, 0.05) is 37.1 Å². The molecule has 10 heteroatoms. The van der Waals surface area contributed by atoms with Gasteiger partial charge in [-0.25, -0.2) is 4.79 Å². The molecule has 0 bridgehead atoms. The molecule has 0 aromatic heterocycles. The topological polar surface area (TPSA) is 157 Å². The van der Waals surface area contributed by atoms with Crippen LogP contribution in [0.3, 0.4) is 0 Å². The third-order valence-corrected chi connectivity index (χ3v) is 7.92. The van der Waals surface area contributed by atoms with E-state index in [0.29, 0.717) is 17.7 Å². The number of nitrogens with one attached hydrogen (secondary N) is 2. The summed E-state index contributed by atoms with van der Waals surface area (Å²) < 4.78 is 5.81. The summed E-state index contributed by atoms with van der Waals surface area (Å²) in [4.78, 5) is 26.0. The van der Waals surface area contributed by atoms with Gasteiger partial charge in [-0.05, 0) is 86.9 Å². The Morgan fingerprint density at radius 3 is 2.49 bits per heavy atom. The van der Waals surface area contributed by atoms with Crippen LogP contribution in [0.25, 0.3) is 0 Å². The van der Waals surface area contributed by atoms with Crippen molar-refractivity contribution >= 4 is 17.6 Å². The molecule has 238 valence electrons. The van der Waals surface area contributed by atoms with Crippen LogP contribution in [0.15, 0.2) is 42.5 Å². The Balaban J connectivity index is 1.20. The Morgan fingerprint density at radius 1 is 1.00 bits per heavy atom. The van der Waals surface area contributed by atoms with Gasteiger partial charge in [0.1, 0.15) is 12.3 Å². The number of aromatic hydroxyl groups is 1. The minimum atomic E-state index is -0.684. The predicted molar refractivity (Wildman–Crippen MR) is 168 cm³/mol. The van der Waals surface area contributed by atoms with Crippen LogP contribution < -0.4 is 16.4 Å². The first-order valence-corrected chi connectivity index (χ1v) is 15.7. The average Bonchev–Trinajstić information content (AvgIpc) is 3.53. The number of primary amides is 1. The zero-order valence-corrected chi connectivity index (χ0v) is 25.3. The van der Waals surface area contributed by atoms with Crippen LogP contribution in [0.2, 0.25) is 0 Å². The average molecular weight is 599 g/mol. The standard InChI is InChI=1S/C33H50N4O6/c34-32(41)23-37(29-13-3-4-14-29)33(42)36-28-12-9-11-25(20-28)10-5-8-19-43-18-7-2-1-6-17-35-22-31(40)26-15-16-30(39)27(21-26)24-38/h9,11-12,15-16,20-21,29,31,35,38-40H,1-8,10,13-14,17-19,22-24H2,(H2,34,41)(H,36,42)/t31-/m0/s1. The van der Waals surface area contributed by atoms with E-state index in [-0.39, 0.29) is 31.0 Å². The monoisotopic (exact) mass is 598 g/mol. The molecular formula is C33H50N4O6. The maximum atomic E-state index is 12.9. The second kappa shape index (κ2) is 19.2. The first-order chi connectivity index (χ1) is 20.9. The van der Waals surface area contributed by atoms with Gasteiger partial charge >= 0.3 is 6.03 Å². The number of phenols is 1. The van der Waals surface area contributed by atoms with Crippen molar-refractivity contribution in [3.63, 3.8) is 0 Å². The van der Waals surface area contributed by atoms with Crippen LogP contribution >= 0.6 is 0 Å². The number of ether oxygens (including phenoxy) is 1. The van der Waals surface area contributed by atoms with E-state index in [9.17, 15) is 24.9 Å². The molecule has 7 N–H and O–H groups in total. The Labute approximate surface area is 255 Å². The smallest absolute Gasteiger partial charge is 0.322 e. The molecule has 3 rings (SSSR count). The SMILES string of the molecule is NC(=O)CN(C(=O)Nc1cccc(CCCCOCCCCCCNC[C@H](O)c2ccc(O)c(CO)c2)c1)C1CCCC1. The fraction of sp³-hybridized carbons (Fsp3) is 0.576. The number of aliphatic hydroxyl groups excluding tert-OH is 2. The highest BCUT2D eigenvalue weighted by atomic mass is 16.5. The molecule has 2 aromatic rings. The van der Waals surface area contributed by atoms with Gasteiger partial charge in [-0.15, -0.1) is 0 Å². The van der Waals surface area contributed by atoms with Crippen LogP contribution in [0.5, 0.6) is 5.75 Å². The number of aliphatic hydroxyl groups is 2. The lowest BCUT2D eigenvalue weighted by atomic mass is 10.1. The quantitative estimate of drug-likeness (QED) is 0.124. The summed E-state index contributed by atoms with van der Waals surface area (Å²) in [5.41, 5.74) is 8.36. The molecule has 1 atom stereocenters. The van der Waals surface area contributed by atoms with E-state index in [1.165, 1.54) is 6.07 Å². The lowest BCUT2D eigenvalue weighted by Crippen LogP contribution is -2.46. The maximum Gasteiger partial charge on any atom is 0.322 e. The Bertz CT molecular complexity index is 1120. The highest BCUT2D eigenvalue weighted by Gasteiger charge is 2.28. The Kier molecular flexibility index (Phi) is 15.3. The minimum absolute atomic E-state index is 0.0337. The van der Waals surface area contributed by atoms with E-state index >= 15 is 0 Å². The van der Waals surface area contributed by atoms with Crippen LogP contribution in [-0.2, 0) is 22.6 Å². The fourth-order valence-electron chi connectivity index (χ4n) is 5.49. The van der Waals surface area contributed by atoms with Crippen molar-refractivity contribution in [2.24, 2.45) is 5.73 Å². The minimum Gasteiger partial charge on any atom is -0.508 e. The van der Waals surface area contributed by atoms with E-state index in [0.717, 1.165) is 102 Å². The van der Waals surface area contributed by atoms with E-state index in [1.807, 2.05) is 18.2 Å². The molecule has 1 saturated carbocycles. The number of nitrogens with zero attached hydrogens (tertiary/aromatic N) is 1. The number of amides is 3. The van der Waals surface area contributed by atoms with Gasteiger partial charge in [0.2, 0.25) is 5.91 Å². The third kappa shape index (κ3) is 12.5. The fourth-order valence-corrected chi connectivity index (χ4v) is 5.49. The molecule has 43 heavy (non-hydrogen) atoms. The molecule has 1 aliphatic rings. The molecule has 1 fully saturated rings. The second-order valence-corrected chi connectivity index (χ2v) is 11.4. The molecule has 0 spiro atoms. The third-order valence-electron chi connectivity index (χ3n) is 7.92. The zero-order valence-electron chi connectivity index (χ0n) is 25.3. The van der Waals surface area contributed by atoms with Crippen molar-refractivity contribution in [2.75, 3.05) is 38.2 Å². The van der Waals surface area contributed by atoms with E-state index in [2.05, 4.69) is 16.7 Å². The lowest BCUT2D eigenvalue weighted by molar-refractivity contribution is -0.118. The van der Waals surface area contributed by atoms with Crippen molar-refractivity contribution in [2.45, 2.75) is 89.4 Å². The van der Waals surface area contributed by atoms with Crippen molar-refractivity contribution in [3.8, 4) is 5.75 Å². The van der Waals surface area contributed by atoms with Crippen molar-refractivity contribution in [1.82, 2.24) is 10.2 Å². The number of aryl methyl sites for hydroxylation is 1. The molecule has 3 amide bonds. The molecule has 0 radical (unpaired) electrons. The number of nitrogens with two attached hydrogens (primary N) is 1. The molecule has 0 heterocycles. The van der Waals surface area contributed by atoms with E-state index < -0.39 is 12.0 Å². The van der Waals surface area contributed by atoms with E-state index in [4.69, 9.17) is 10.5 Å². The van der Waals surface area contributed by atoms with Gasteiger partial charge in [-0.2, -0.15) is 0 Å². The summed E-state index contributed by atoms with van der Waals surface area (Å²) >= 11 is 0. The first-order valence-electron chi connectivity index (χ1n) is 15.7. The zero-order chi connectivity index (χ0) is 30.9. The summed E-state index contributed by atoms with van der Waals surface area (Å²) in [5.74, 6) is -0.461. The number of urea groups is 1. The number of anilines is 1. The highest BCUT2D eigenvalue weighted by molar-refractivity contribution is 5.92. The molecule has 0 unspecified atom stereocenters. The molecular weight excluding hydrogens is 548 g/mol. The number of carbonyl (C=O) groups is 2. The molecule has 0 aliphatic heterocycles. The molecule has 10 nitrogen and oxygen atoms in total. The number of rotatable bonds is 20. The van der Waals surface area contributed by atoms with Gasteiger partial charge in [0.05, 0.1) is 12.7 Å². The van der Waals surface area contributed by atoms with Crippen molar-refractivity contribution in [1.29, 1.82) is 0 Å². The summed E-state index contributed by atoms with van der Waals surface area (Å²) in [6, 6.07) is 12.5. The van der Waals surface area contributed by atoms with Crippen LogP contribution in [0, 0.1) is 0 Å². The van der Waals surface area contributed by atoms with Crippen LogP contribution in [0.1, 0.15) is 87.0 Å². The van der Waals surface area contributed by atoms with Crippen LogP contribution in [-0.4, -0.2) is 71.0 Å². The normalized spacial score (nSPS) is 14.1. The molecule has 0 saturated heterocycles. The van der Waals surface area contributed by atoms with Gasteiger partial charge in [-0.1, -0.05) is 43.9 Å². The maximum absolute atomic E-state index is 12.9. The summed E-state index contributed by atoms with van der Waals surface area (Å²) in [7, 11) is 0. The summed E-state index contributed by atoms with van der Waals surface area (Å²) in [6.07, 6.45) is 10.4. The van der Waals surface area contributed by atoms with Gasteiger partial charge in [-0.3, -0.25) is 4.79 Å². The number of hydrogen-bond donors (Lipinski definition) is 6.